The Kier molecular flexibility index (Phi) is 7.34. The molecule has 0 heterocycles. The minimum atomic E-state index is -0.190. The van der Waals surface area contributed by atoms with Crippen LogP contribution in [0.5, 0.6) is 0 Å². The van der Waals surface area contributed by atoms with Crippen LogP contribution in [0.4, 0.5) is 0 Å². The third-order valence-corrected chi connectivity index (χ3v) is 2.48. The van der Waals surface area contributed by atoms with Crippen molar-refractivity contribution in [3.8, 4) is 0 Å². The second-order valence-corrected chi connectivity index (χ2v) is 4.03. The first-order valence-corrected chi connectivity index (χ1v) is 5.68. The molecule has 0 aromatic rings. The average Bonchev–Trinajstić information content (AvgIpc) is 2.23. The molecule has 0 amide bonds. The highest BCUT2D eigenvalue weighted by atomic mass is 16.5. The molecule has 0 radical (unpaired) electrons. The first-order valence-electron chi connectivity index (χ1n) is 5.68. The van der Waals surface area contributed by atoms with E-state index in [1.807, 2.05) is 13.8 Å². The van der Waals surface area contributed by atoms with Gasteiger partial charge in [-0.25, -0.2) is 0 Å². The fraction of sp³-hybridized carbons (Fsp3) is 0.909. The molecule has 0 saturated carbocycles. The average molecular weight is 216 g/mol. The molecule has 3 N–H and O–H groups in total. The van der Waals surface area contributed by atoms with Gasteiger partial charge in [-0.1, -0.05) is 13.8 Å². The molecule has 0 spiro atoms. The van der Waals surface area contributed by atoms with Gasteiger partial charge in [-0.3, -0.25) is 4.79 Å². The van der Waals surface area contributed by atoms with Gasteiger partial charge >= 0.3 is 5.97 Å². The summed E-state index contributed by atoms with van der Waals surface area (Å²) in [7, 11) is 0. The summed E-state index contributed by atoms with van der Waals surface area (Å²) in [6.45, 7) is 7.88. The number of rotatable bonds is 8. The normalized spacial score (nSPS) is 14.7. The van der Waals surface area contributed by atoms with E-state index in [0.717, 1.165) is 19.4 Å². The molecule has 0 aliphatic rings. The Bertz CT molecular complexity index is 185. The smallest absolute Gasteiger partial charge is 0.307 e. The molecule has 0 fully saturated rings. The van der Waals surface area contributed by atoms with Gasteiger partial charge in [0.05, 0.1) is 13.0 Å². The van der Waals surface area contributed by atoms with Gasteiger partial charge in [0, 0.05) is 18.6 Å². The largest absolute Gasteiger partial charge is 0.466 e. The van der Waals surface area contributed by atoms with Crippen LogP contribution in [-0.2, 0) is 9.53 Å². The maximum atomic E-state index is 11.4. The van der Waals surface area contributed by atoms with Crippen molar-refractivity contribution < 1.29 is 9.53 Å². The zero-order chi connectivity index (χ0) is 11.7. The Hall–Kier alpha value is -0.610. The lowest BCUT2D eigenvalue weighted by atomic mass is 9.94. The van der Waals surface area contributed by atoms with E-state index in [2.05, 4.69) is 12.2 Å². The van der Waals surface area contributed by atoms with Crippen LogP contribution in [0.1, 0.15) is 40.0 Å². The molecule has 0 bridgehead atoms. The summed E-state index contributed by atoms with van der Waals surface area (Å²) in [6.07, 6.45) is 2.16. The number of hydrogen-bond acceptors (Lipinski definition) is 4. The van der Waals surface area contributed by atoms with Crippen molar-refractivity contribution in [2.45, 2.75) is 45.6 Å². The Morgan fingerprint density at radius 3 is 2.60 bits per heavy atom. The Labute approximate surface area is 92.6 Å². The third-order valence-electron chi connectivity index (χ3n) is 2.48. The van der Waals surface area contributed by atoms with Crippen LogP contribution in [0.2, 0.25) is 0 Å². The van der Waals surface area contributed by atoms with Crippen molar-refractivity contribution >= 4 is 5.97 Å². The zero-order valence-corrected chi connectivity index (χ0v) is 10.1. The van der Waals surface area contributed by atoms with Crippen LogP contribution in [0, 0.1) is 0 Å². The van der Waals surface area contributed by atoms with Crippen LogP contribution in [0.25, 0.3) is 0 Å². The molecular weight excluding hydrogens is 192 g/mol. The number of nitrogens with two attached hydrogens (primary N) is 1. The predicted molar refractivity (Wildman–Crippen MR) is 61.6 cm³/mol. The number of carbonyl (C=O) groups is 1. The standard InChI is InChI=1S/C11H24N2O2/c1-4-8-15-10(14)9-11(3,5-2)13-7-6-12/h13H,4-9,12H2,1-3H3. The van der Waals surface area contributed by atoms with Gasteiger partial charge in [-0.2, -0.15) is 0 Å². The van der Waals surface area contributed by atoms with Gasteiger partial charge in [0.25, 0.3) is 0 Å². The molecule has 1 unspecified atom stereocenters. The lowest BCUT2D eigenvalue weighted by molar-refractivity contribution is -0.145. The van der Waals surface area contributed by atoms with Crippen LogP contribution in [0.15, 0.2) is 0 Å². The van der Waals surface area contributed by atoms with E-state index >= 15 is 0 Å². The van der Waals surface area contributed by atoms with Crippen molar-refractivity contribution in [3.05, 3.63) is 0 Å². The lowest BCUT2D eigenvalue weighted by Gasteiger charge is -2.28. The van der Waals surface area contributed by atoms with E-state index in [1.54, 1.807) is 0 Å². The summed E-state index contributed by atoms with van der Waals surface area (Å²) in [6, 6.07) is 0. The van der Waals surface area contributed by atoms with Crippen molar-refractivity contribution in [2.75, 3.05) is 19.7 Å². The van der Waals surface area contributed by atoms with Gasteiger partial charge in [0.1, 0.15) is 0 Å². The van der Waals surface area contributed by atoms with Crippen LogP contribution < -0.4 is 11.1 Å². The third kappa shape index (κ3) is 6.47. The van der Waals surface area contributed by atoms with Crippen molar-refractivity contribution in [2.24, 2.45) is 5.73 Å². The van der Waals surface area contributed by atoms with Gasteiger partial charge in [0.2, 0.25) is 0 Å². The van der Waals surface area contributed by atoms with E-state index in [1.165, 1.54) is 0 Å². The van der Waals surface area contributed by atoms with Crippen LogP contribution in [0.3, 0.4) is 0 Å². The number of carbonyl (C=O) groups excluding carboxylic acids is 1. The molecule has 0 aliphatic heterocycles. The second-order valence-electron chi connectivity index (χ2n) is 4.03. The fourth-order valence-electron chi connectivity index (χ4n) is 1.27. The highest BCUT2D eigenvalue weighted by Gasteiger charge is 2.25. The quantitative estimate of drug-likeness (QED) is 0.595. The van der Waals surface area contributed by atoms with E-state index < -0.39 is 0 Å². The summed E-state index contributed by atoms with van der Waals surface area (Å²) in [5.41, 5.74) is 5.23. The highest BCUT2D eigenvalue weighted by Crippen LogP contribution is 2.14. The first-order chi connectivity index (χ1) is 7.08. The predicted octanol–water partition coefficient (Wildman–Crippen LogP) is 1.05. The minimum absolute atomic E-state index is 0.134. The number of ether oxygens (including phenoxy) is 1. The second kappa shape index (κ2) is 7.65. The topological polar surface area (TPSA) is 64.3 Å². The molecule has 0 aromatic heterocycles. The molecule has 15 heavy (non-hydrogen) atoms. The van der Waals surface area contributed by atoms with Gasteiger partial charge in [-0.05, 0) is 19.8 Å². The molecule has 4 heteroatoms. The monoisotopic (exact) mass is 216 g/mol. The van der Waals surface area contributed by atoms with Gasteiger partial charge in [-0.15, -0.1) is 0 Å². The Morgan fingerprint density at radius 2 is 2.13 bits per heavy atom. The van der Waals surface area contributed by atoms with E-state index in [9.17, 15) is 4.79 Å². The van der Waals surface area contributed by atoms with Gasteiger partial charge in [0.15, 0.2) is 0 Å². The van der Waals surface area contributed by atoms with E-state index in [4.69, 9.17) is 10.5 Å². The highest BCUT2D eigenvalue weighted by molar-refractivity contribution is 5.70. The molecule has 1 atom stereocenters. The summed E-state index contributed by atoms with van der Waals surface area (Å²) in [4.78, 5) is 11.4. The maximum absolute atomic E-state index is 11.4. The maximum Gasteiger partial charge on any atom is 0.307 e. The fourth-order valence-corrected chi connectivity index (χ4v) is 1.27. The Balaban J connectivity index is 3.99. The molecule has 0 aromatic carbocycles. The van der Waals surface area contributed by atoms with Crippen molar-refractivity contribution in [1.29, 1.82) is 0 Å². The summed E-state index contributed by atoms with van der Waals surface area (Å²) >= 11 is 0. The summed E-state index contributed by atoms with van der Waals surface area (Å²) in [5.74, 6) is -0.134. The molecule has 0 saturated heterocycles. The lowest BCUT2D eigenvalue weighted by Crippen LogP contribution is -2.46. The van der Waals surface area contributed by atoms with Crippen molar-refractivity contribution in [1.82, 2.24) is 5.32 Å². The molecule has 4 nitrogen and oxygen atoms in total. The number of nitrogens with one attached hydrogen (secondary N) is 1. The molecule has 0 aliphatic carbocycles. The first kappa shape index (κ1) is 14.4. The molecule has 90 valence electrons. The van der Waals surface area contributed by atoms with E-state index in [-0.39, 0.29) is 11.5 Å². The van der Waals surface area contributed by atoms with Crippen LogP contribution >= 0.6 is 0 Å². The molecule has 0 rings (SSSR count). The summed E-state index contributed by atoms with van der Waals surface area (Å²) < 4.78 is 5.06. The number of hydrogen-bond donors (Lipinski definition) is 2. The van der Waals surface area contributed by atoms with Crippen LogP contribution in [-0.4, -0.2) is 31.2 Å². The zero-order valence-electron chi connectivity index (χ0n) is 10.1. The SMILES string of the molecule is CCCOC(=O)CC(C)(CC)NCCN. The number of esters is 1. The van der Waals surface area contributed by atoms with Gasteiger partial charge < -0.3 is 15.8 Å². The van der Waals surface area contributed by atoms with Crippen molar-refractivity contribution in [3.63, 3.8) is 0 Å². The summed E-state index contributed by atoms with van der Waals surface area (Å²) in [5, 5.41) is 3.28. The molecular formula is C11H24N2O2. The minimum Gasteiger partial charge on any atom is -0.466 e. The van der Waals surface area contributed by atoms with E-state index in [0.29, 0.717) is 19.6 Å². The Morgan fingerprint density at radius 1 is 1.47 bits per heavy atom.